The van der Waals surface area contributed by atoms with Crippen molar-refractivity contribution in [3.63, 3.8) is 0 Å². The van der Waals surface area contributed by atoms with Crippen molar-refractivity contribution in [2.45, 2.75) is 20.8 Å². The Morgan fingerprint density at radius 3 is 2.33 bits per heavy atom. The summed E-state index contributed by atoms with van der Waals surface area (Å²) >= 11 is 6.00. The van der Waals surface area contributed by atoms with Crippen LogP contribution >= 0.6 is 11.6 Å². The molecule has 0 saturated carbocycles. The fraction of sp³-hybridized carbons (Fsp3) is 0.214. The van der Waals surface area contributed by atoms with Crippen molar-refractivity contribution in [1.29, 1.82) is 0 Å². The van der Waals surface area contributed by atoms with Crippen LogP contribution in [0, 0.1) is 6.92 Å². The highest BCUT2D eigenvalue weighted by Crippen LogP contribution is 2.28. The van der Waals surface area contributed by atoms with Gasteiger partial charge in [-0.15, -0.1) is 0 Å². The van der Waals surface area contributed by atoms with Gasteiger partial charge in [-0.05, 0) is 74.4 Å². The molecular formula is C28H29ClN4O6. The SMILES string of the molecule is CCOc1ccccc1NC(=O)C(=O)N/N=C\c1ccc(OCC(=O)Nc2cc(Cl)ccc2C)c(OCC)c1. The molecule has 10 nitrogen and oxygen atoms in total. The molecule has 0 heterocycles. The van der Waals surface area contributed by atoms with Crippen LogP contribution in [-0.2, 0) is 14.4 Å². The van der Waals surface area contributed by atoms with Crippen LogP contribution in [0.2, 0.25) is 5.02 Å². The second-order valence-corrected chi connectivity index (χ2v) is 8.45. The topological polar surface area (TPSA) is 127 Å². The van der Waals surface area contributed by atoms with Crippen LogP contribution in [0.25, 0.3) is 0 Å². The number of carbonyl (C=O) groups excluding carboxylic acids is 3. The standard InChI is InChI=1S/C28H29ClN4O6/c1-4-37-23-9-7-6-8-21(23)32-27(35)28(36)33-30-16-19-11-13-24(25(14-19)38-5-2)39-17-26(34)31-22-15-20(29)12-10-18(22)3/h6-16H,4-5,17H2,1-3H3,(H,31,34)(H,32,35)(H,33,36)/b30-16-. The van der Waals surface area contributed by atoms with Crippen molar-refractivity contribution in [2.75, 3.05) is 30.5 Å². The van der Waals surface area contributed by atoms with E-state index in [2.05, 4.69) is 21.2 Å². The van der Waals surface area contributed by atoms with E-state index in [4.69, 9.17) is 25.8 Å². The van der Waals surface area contributed by atoms with Crippen molar-refractivity contribution in [2.24, 2.45) is 5.10 Å². The molecule has 0 saturated heterocycles. The van der Waals surface area contributed by atoms with E-state index in [1.807, 2.05) is 26.8 Å². The van der Waals surface area contributed by atoms with E-state index in [0.29, 0.717) is 52.4 Å². The van der Waals surface area contributed by atoms with E-state index in [1.54, 1.807) is 54.6 Å². The Labute approximate surface area is 231 Å². The second kappa shape index (κ2) is 14.4. The molecule has 0 radical (unpaired) electrons. The van der Waals surface area contributed by atoms with Crippen LogP contribution in [0.5, 0.6) is 17.2 Å². The summed E-state index contributed by atoms with van der Waals surface area (Å²) < 4.78 is 16.7. The van der Waals surface area contributed by atoms with Crippen LogP contribution in [0.4, 0.5) is 11.4 Å². The number of hydrazone groups is 1. The van der Waals surface area contributed by atoms with Gasteiger partial charge in [-0.25, -0.2) is 5.43 Å². The number of carbonyl (C=O) groups is 3. The number of para-hydroxylation sites is 2. The molecule has 39 heavy (non-hydrogen) atoms. The first-order valence-corrected chi connectivity index (χ1v) is 12.5. The molecule has 0 aliphatic carbocycles. The Balaban J connectivity index is 1.58. The normalized spacial score (nSPS) is 10.6. The Morgan fingerprint density at radius 2 is 1.56 bits per heavy atom. The lowest BCUT2D eigenvalue weighted by molar-refractivity contribution is -0.136. The summed E-state index contributed by atoms with van der Waals surface area (Å²) in [6.45, 7) is 5.99. The number of halogens is 1. The van der Waals surface area contributed by atoms with Crippen molar-refractivity contribution < 1.29 is 28.6 Å². The van der Waals surface area contributed by atoms with Gasteiger partial charge >= 0.3 is 11.8 Å². The summed E-state index contributed by atoms with van der Waals surface area (Å²) in [4.78, 5) is 36.8. The molecular weight excluding hydrogens is 524 g/mol. The molecule has 11 heteroatoms. The monoisotopic (exact) mass is 552 g/mol. The summed E-state index contributed by atoms with van der Waals surface area (Å²) in [5, 5.41) is 9.61. The first-order chi connectivity index (χ1) is 18.8. The molecule has 3 rings (SSSR count). The second-order valence-electron chi connectivity index (χ2n) is 8.02. The zero-order chi connectivity index (χ0) is 28.2. The molecule has 3 aromatic rings. The van der Waals surface area contributed by atoms with Crippen LogP contribution in [0.1, 0.15) is 25.0 Å². The van der Waals surface area contributed by atoms with Gasteiger partial charge in [0.25, 0.3) is 5.91 Å². The number of hydrogen-bond donors (Lipinski definition) is 3. The Morgan fingerprint density at radius 1 is 0.821 bits per heavy atom. The van der Waals surface area contributed by atoms with Gasteiger partial charge < -0.3 is 24.8 Å². The van der Waals surface area contributed by atoms with Gasteiger partial charge in [0.15, 0.2) is 18.1 Å². The quantitative estimate of drug-likeness (QED) is 0.182. The zero-order valence-corrected chi connectivity index (χ0v) is 22.5. The average molecular weight is 553 g/mol. The predicted molar refractivity (Wildman–Crippen MR) is 150 cm³/mol. The van der Waals surface area contributed by atoms with E-state index in [1.165, 1.54) is 6.21 Å². The maximum Gasteiger partial charge on any atom is 0.329 e. The molecule has 0 fully saturated rings. The maximum atomic E-state index is 12.4. The molecule has 0 unspecified atom stereocenters. The summed E-state index contributed by atoms with van der Waals surface area (Å²) in [5.41, 5.74) is 4.58. The molecule has 3 aromatic carbocycles. The number of amides is 3. The van der Waals surface area contributed by atoms with Gasteiger partial charge in [0.05, 0.1) is 25.1 Å². The van der Waals surface area contributed by atoms with Gasteiger partial charge in [-0.1, -0.05) is 29.8 Å². The summed E-state index contributed by atoms with van der Waals surface area (Å²) in [7, 11) is 0. The van der Waals surface area contributed by atoms with Gasteiger partial charge in [-0.3, -0.25) is 14.4 Å². The third kappa shape index (κ3) is 8.75. The number of anilines is 2. The van der Waals surface area contributed by atoms with E-state index in [9.17, 15) is 14.4 Å². The minimum Gasteiger partial charge on any atom is -0.492 e. The highest BCUT2D eigenvalue weighted by atomic mass is 35.5. The zero-order valence-electron chi connectivity index (χ0n) is 21.7. The predicted octanol–water partition coefficient (Wildman–Crippen LogP) is 4.55. The smallest absolute Gasteiger partial charge is 0.329 e. The molecule has 0 aliphatic rings. The minimum atomic E-state index is -0.955. The molecule has 0 bridgehead atoms. The molecule has 3 N–H and O–H groups in total. The van der Waals surface area contributed by atoms with Crippen molar-refractivity contribution in [3.05, 3.63) is 76.8 Å². The number of nitrogens with zero attached hydrogens (tertiary/aromatic N) is 1. The molecule has 3 amide bonds. The van der Waals surface area contributed by atoms with Gasteiger partial charge in [0.2, 0.25) is 0 Å². The van der Waals surface area contributed by atoms with Gasteiger partial charge in [0.1, 0.15) is 5.75 Å². The number of rotatable bonds is 11. The number of benzene rings is 3. The lowest BCUT2D eigenvalue weighted by Gasteiger charge is -2.13. The van der Waals surface area contributed by atoms with Gasteiger partial charge in [-0.2, -0.15) is 5.10 Å². The molecule has 0 atom stereocenters. The minimum absolute atomic E-state index is 0.253. The van der Waals surface area contributed by atoms with E-state index in [0.717, 1.165) is 5.56 Å². The number of aryl methyl sites for hydroxylation is 1. The fourth-order valence-corrected chi connectivity index (χ4v) is 3.47. The van der Waals surface area contributed by atoms with E-state index >= 15 is 0 Å². The van der Waals surface area contributed by atoms with Crippen LogP contribution in [0.3, 0.4) is 0 Å². The van der Waals surface area contributed by atoms with Crippen LogP contribution in [-0.4, -0.2) is 43.8 Å². The summed E-state index contributed by atoms with van der Waals surface area (Å²) in [5.74, 6) is -1.04. The molecule has 0 aromatic heterocycles. The lowest BCUT2D eigenvalue weighted by atomic mass is 10.2. The highest BCUT2D eigenvalue weighted by Gasteiger charge is 2.15. The molecule has 0 aliphatic heterocycles. The molecule has 0 spiro atoms. The van der Waals surface area contributed by atoms with Crippen LogP contribution < -0.4 is 30.3 Å². The Bertz CT molecular complexity index is 1360. The van der Waals surface area contributed by atoms with E-state index in [-0.39, 0.29) is 12.5 Å². The number of hydrogen-bond acceptors (Lipinski definition) is 7. The third-order valence-electron chi connectivity index (χ3n) is 5.12. The van der Waals surface area contributed by atoms with Crippen molar-refractivity contribution in [1.82, 2.24) is 5.43 Å². The first kappa shape index (κ1) is 29.0. The summed E-state index contributed by atoms with van der Waals surface area (Å²) in [6, 6.07) is 16.9. The molecule has 204 valence electrons. The largest absolute Gasteiger partial charge is 0.492 e. The van der Waals surface area contributed by atoms with Crippen molar-refractivity contribution in [3.8, 4) is 17.2 Å². The summed E-state index contributed by atoms with van der Waals surface area (Å²) in [6.07, 6.45) is 1.35. The average Bonchev–Trinajstić information content (AvgIpc) is 2.91. The number of nitrogens with one attached hydrogen (secondary N) is 3. The van der Waals surface area contributed by atoms with Gasteiger partial charge in [0, 0.05) is 10.7 Å². The maximum absolute atomic E-state index is 12.4. The van der Waals surface area contributed by atoms with Crippen molar-refractivity contribution >= 4 is 46.9 Å². The lowest BCUT2D eigenvalue weighted by Crippen LogP contribution is -2.32. The Hall–Kier alpha value is -4.57. The highest BCUT2D eigenvalue weighted by molar-refractivity contribution is 6.39. The third-order valence-corrected chi connectivity index (χ3v) is 5.36. The number of ether oxygens (including phenoxy) is 3. The fourth-order valence-electron chi connectivity index (χ4n) is 3.30. The first-order valence-electron chi connectivity index (χ1n) is 12.1. The van der Waals surface area contributed by atoms with Crippen LogP contribution in [0.15, 0.2) is 65.8 Å². The van der Waals surface area contributed by atoms with E-state index < -0.39 is 11.8 Å². The Kier molecular flexibility index (Phi) is 10.7.